The van der Waals surface area contributed by atoms with Crippen molar-refractivity contribution >= 4 is 17.7 Å². The van der Waals surface area contributed by atoms with Crippen molar-refractivity contribution in [2.24, 2.45) is 0 Å². The normalized spacial score (nSPS) is 15.1. The van der Waals surface area contributed by atoms with E-state index in [0.29, 0.717) is 30.4 Å². The first-order valence-electron chi connectivity index (χ1n) is 9.55. The number of hydrogen-bond acceptors (Lipinski definition) is 6. The fourth-order valence-electron chi connectivity index (χ4n) is 3.57. The number of thioether (sulfide) groups is 1. The zero-order chi connectivity index (χ0) is 20.1. The summed E-state index contributed by atoms with van der Waals surface area (Å²) in [5, 5.41) is 21.7. The largest absolute Gasteiger partial charge is 0.467 e. The molecule has 8 heteroatoms. The van der Waals surface area contributed by atoms with Crippen LogP contribution in [0.4, 0.5) is 0 Å². The lowest BCUT2D eigenvalue weighted by Crippen LogP contribution is -2.45. The Morgan fingerprint density at radius 3 is 2.69 bits per heavy atom. The Morgan fingerprint density at radius 2 is 2.00 bits per heavy atom. The summed E-state index contributed by atoms with van der Waals surface area (Å²) in [4.78, 5) is 12.5. The van der Waals surface area contributed by atoms with Crippen molar-refractivity contribution in [3.63, 3.8) is 0 Å². The molecular weight excluding hydrogens is 386 g/mol. The highest BCUT2D eigenvalue weighted by atomic mass is 32.2. The van der Waals surface area contributed by atoms with Crippen LogP contribution in [0.1, 0.15) is 31.4 Å². The smallest absolute Gasteiger partial charge is 0.231 e. The van der Waals surface area contributed by atoms with Gasteiger partial charge in [-0.15, -0.1) is 10.2 Å². The molecule has 0 spiro atoms. The van der Waals surface area contributed by atoms with Crippen molar-refractivity contribution in [2.45, 2.75) is 42.9 Å². The molecule has 2 heterocycles. The highest BCUT2D eigenvalue weighted by Gasteiger charge is 2.35. The number of amides is 1. The lowest BCUT2D eigenvalue weighted by atomic mass is 10.0. The van der Waals surface area contributed by atoms with Crippen molar-refractivity contribution in [1.29, 1.82) is 5.26 Å². The van der Waals surface area contributed by atoms with E-state index in [9.17, 15) is 10.1 Å². The molecular formula is C21H21N5O2S. The maximum absolute atomic E-state index is 12.5. The molecule has 0 radical (unpaired) electrons. The van der Waals surface area contributed by atoms with Gasteiger partial charge in [0.25, 0.3) is 0 Å². The number of furan rings is 1. The Kier molecular flexibility index (Phi) is 5.67. The number of nitrogens with one attached hydrogen (secondary N) is 1. The van der Waals surface area contributed by atoms with Crippen molar-refractivity contribution in [2.75, 3.05) is 5.75 Å². The molecule has 0 aliphatic heterocycles. The summed E-state index contributed by atoms with van der Waals surface area (Å²) in [6.07, 6.45) is 5.00. The van der Waals surface area contributed by atoms with E-state index in [-0.39, 0.29) is 11.7 Å². The molecule has 1 aliphatic rings. The molecule has 7 nitrogen and oxygen atoms in total. The maximum Gasteiger partial charge on any atom is 0.231 e. The van der Waals surface area contributed by atoms with Crippen LogP contribution in [-0.4, -0.2) is 32.0 Å². The average Bonchev–Trinajstić information content (AvgIpc) is 3.50. The summed E-state index contributed by atoms with van der Waals surface area (Å²) >= 11 is 1.31. The van der Waals surface area contributed by atoms with Crippen LogP contribution in [0.3, 0.4) is 0 Å². The van der Waals surface area contributed by atoms with E-state index in [0.717, 1.165) is 24.2 Å². The minimum absolute atomic E-state index is 0.160. The van der Waals surface area contributed by atoms with Crippen molar-refractivity contribution < 1.29 is 9.21 Å². The molecule has 4 rings (SSSR count). The number of hydrogen-bond donors (Lipinski definition) is 1. The number of carbonyl (C=O) groups is 1. The van der Waals surface area contributed by atoms with Crippen molar-refractivity contribution in [3.8, 4) is 17.5 Å². The molecule has 1 N–H and O–H groups in total. The highest BCUT2D eigenvalue weighted by Crippen LogP contribution is 2.29. The molecule has 0 unspecified atom stereocenters. The third-order valence-electron chi connectivity index (χ3n) is 5.03. The number of rotatable bonds is 7. The van der Waals surface area contributed by atoms with Gasteiger partial charge in [0.15, 0.2) is 11.0 Å². The van der Waals surface area contributed by atoms with Crippen LogP contribution in [0.15, 0.2) is 58.3 Å². The second-order valence-electron chi connectivity index (χ2n) is 7.08. The Balaban J connectivity index is 1.51. The Hall–Kier alpha value is -3.05. The average molecular weight is 407 g/mol. The topological polar surface area (TPSA) is 96.7 Å². The minimum Gasteiger partial charge on any atom is -0.467 e. The van der Waals surface area contributed by atoms with E-state index in [1.165, 1.54) is 11.8 Å². The van der Waals surface area contributed by atoms with Crippen LogP contribution < -0.4 is 5.32 Å². The second kappa shape index (κ2) is 8.53. The predicted octanol–water partition coefficient (Wildman–Crippen LogP) is 3.63. The van der Waals surface area contributed by atoms with Gasteiger partial charge in [0.2, 0.25) is 5.91 Å². The Morgan fingerprint density at radius 1 is 1.21 bits per heavy atom. The van der Waals surface area contributed by atoms with E-state index >= 15 is 0 Å². The van der Waals surface area contributed by atoms with Crippen LogP contribution in [-0.2, 0) is 11.3 Å². The molecule has 1 fully saturated rings. The quantitative estimate of drug-likeness (QED) is 0.601. The Labute approximate surface area is 173 Å². The zero-order valence-electron chi connectivity index (χ0n) is 15.9. The minimum atomic E-state index is -0.714. The molecule has 1 amide bonds. The monoisotopic (exact) mass is 407 g/mol. The van der Waals surface area contributed by atoms with E-state index in [1.807, 2.05) is 47.0 Å². The number of carbonyl (C=O) groups excluding carboxylic acids is 1. The van der Waals surface area contributed by atoms with Gasteiger partial charge in [0, 0.05) is 5.56 Å². The van der Waals surface area contributed by atoms with Gasteiger partial charge in [-0.25, -0.2) is 0 Å². The summed E-state index contributed by atoms with van der Waals surface area (Å²) in [6, 6.07) is 15.8. The third kappa shape index (κ3) is 4.35. The molecule has 0 atom stereocenters. The van der Waals surface area contributed by atoms with Crippen molar-refractivity contribution in [1.82, 2.24) is 20.1 Å². The van der Waals surface area contributed by atoms with Crippen molar-refractivity contribution in [3.05, 3.63) is 54.5 Å². The highest BCUT2D eigenvalue weighted by molar-refractivity contribution is 7.99. The second-order valence-corrected chi connectivity index (χ2v) is 8.02. The first-order chi connectivity index (χ1) is 14.2. The van der Waals surface area contributed by atoms with Crippen LogP contribution in [0, 0.1) is 11.3 Å². The summed E-state index contributed by atoms with van der Waals surface area (Å²) in [6.45, 7) is 0.469. The molecule has 0 bridgehead atoms. The summed E-state index contributed by atoms with van der Waals surface area (Å²) < 4.78 is 7.44. The lowest BCUT2D eigenvalue weighted by molar-refractivity contribution is -0.119. The molecule has 29 heavy (non-hydrogen) atoms. The first kappa shape index (κ1) is 19.3. The number of nitrogens with zero attached hydrogens (tertiary/aromatic N) is 4. The molecule has 1 aromatic carbocycles. The van der Waals surface area contributed by atoms with Gasteiger partial charge in [0.05, 0.1) is 24.6 Å². The van der Waals surface area contributed by atoms with Crippen LogP contribution in [0.5, 0.6) is 0 Å². The SMILES string of the molecule is N#CC1(NC(=O)CSc2nnc(-c3ccccc3)n2Cc2ccco2)CCCC1. The molecule has 3 aromatic rings. The van der Waals surface area contributed by atoms with Gasteiger partial charge in [-0.1, -0.05) is 42.1 Å². The van der Waals surface area contributed by atoms with Gasteiger partial charge in [-0.2, -0.15) is 5.26 Å². The van der Waals surface area contributed by atoms with E-state index in [1.54, 1.807) is 6.26 Å². The Bertz CT molecular complexity index is 1000. The fraction of sp³-hybridized carbons (Fsp3) is 0.333. The fourth-order valence-corrected chi connectivity index (χ4v) is 4.31. The maximum atomic E-state index is 12.5. The lowest BCUT2D eigenvalue weighted by Gasteiger charge is -2.21. The zero-order valence-corrected chi connectivity index (χ0v) is 16.7. The number of benzene rings is 1. The third-order valence-corrected chi connectivity index (χ3v) is 5.99. The molecule has 1 saturated carbocycles. The summed E-state index contributed by atoms with van der Waals surface area (Å²) in [5.41, 5.74) is 0.228. The van der Waals surface area contributed by atoms with Crippen LogP contribution in [0.25, 0.3) is 11.4 Å². The molecule has 148 valence electrons. The van der Waals surface area contributed by atoms with Crippen LogP contribution in [0.2, 0.25) is 0 Å². The van der Waals surface area contributed by atoms with Crippen LogP contribution >= 0.6 is 11.8 Å². The predicted molar refractivity (Wildman–Crippen MR) is 109 cm³/mol. The first-order valence-corrected chi connectivity index (χ1v) is 10.5. The van der Waals surface area contributed by atoms with E-state index in [4.69, 9.17) is 4.42 Å². The standard InChI is InChI=1S/C21H21N5O2S/c22-15-21(10-4-5-11-21)23-18(27)14-29-20-25-24-19(16-7-2-1-3-8-16)26(20)13-17-9-6-12-28-17/h1-3,6-9,12H,4-5,10-11,13-14H2,(H,23,27). The van der Waals surface area contributed by atoms with E-state index < -0.39 is 5.54 Å². The van der Waals surface area contributed by atoms with Gasteiger partial charge < -0.3 is 9.73 Å². The van der Waals surface area contributed by atoms with E-state index in [2.05, 4.69) is 21.6 Å². The number of aromatic nitrogens is 3. The van der Waals surface area contributed by atoms with Gasteiger partial charge in [0.1, 0.15) is 11.3 Å². The molecule has 2 aromatic heterocycles. The summed E-state index contributed by atoms with van der Waals surface area (Å²) in [5.74, 6) is 1.51. The van der Waals surface area contributed by atoms with Gasteiger partial charge in [-0.05, 0) is 37.8 Å². The summed E-state index contributed by atoms with van der Waals surface area (Å²) in [7, 11) is 0. The molecule has 1 aliphatic carbocycles. The molecule has 0 saturated heterocycles. The van der Waals surface area contributed by atoms with Gasteiger partial charge >= 0.3 is 0 Å². The number of nitriles is 1. The van der Waals surface area contributed by atoms with Gasteiger partial charge in [-0.3, -0.25) is 9.36 Å².